The highest BCUT2D eigenvalue weighted by Gasteiger charge is 2.16. The van der Waals surface area contributed by atoms with E-state index in [0.717, 1.165) is 11.1 Å². The second-order valence-electron chi connectivity index (χ2n) is 8.00. The molecule has 180 valence electrons. The van der Waals surface area contributed by atoms with Gasteiger partial charge in [0, 0.05) is 40.9 Å². The van der Waals surface area contributed by atoms with Gasteiger partial charge < -0.3 is 19.6 Å². The van der Waals surface area contributed by atoms with Gasteiger partial charge in [-0.3, -0.25) is 14.6 Å². The summed E-state index contributed by atoms with van der Waals surface area (Å²) in [6.07, 6.45) is 1.65. The molecular weight excluding hydrogens is 451 g/mol. The van der Waals surface area contributed by atoms with Crippen LogP contribution < -0.4 is 10.5 Å². The predicted octanol–water partition coefficient (Wildman–Crippen LogP) is 4.98. The quantitative estimate of drug-likeness (QED) is 0.268. The standard InChI is InChI=1S/C27H25FN2O5/c1-3-33-26(32)13-20-5-4-18(16(2)31)11-24(20)34-15-17-8-21-12-25(28)35-27(21)23(9-17)19-6-7-30-22(10-19)14-29/h4-12H,3,13-15,29H2,1-2H3. The van der Waals surface area contributed by atoms with Gasteiger partial charge in [0.05, 0.1) is 18.7 Å². The third-order valence-corrected chi connectivity index (χ3v) is 5.49. The summed E-state index contributed by atoms with van der Waals surface area (Å²) in [5.74, 6) is -0.109. The van der Waals surface area contributed by atoms with Gasteiger partial charge in [-0.25, -0.2) is 0 Å². The molecular formula is C27H25FN2O5. The van der Waals surface area contributed by atoms with Crippen LogP contribution in [0.1, 0.15) is 41.0 Å². The van der Waals surface area contributed by atoms with Gasteiger partial charge in [0.1, 0.15) is 17.9 Å². The zero-order valence-corrected chi connectivity index (χ0v) is 19.5. The Balaban J connectivity index is 1.69. The Hall–Kier alpha value is -4.04. The molecule has 0 bridgehead atoms. The fourth-order valence-electron chi connectivity index (χ4n) is 3.82. The molecule has 35 heavy (non-hydrogen) atoms. The molecule has 2 aromatic carbocycles. The Morgan fingerprint density at radius 2 is 1.94 bits per heavy atom. The maximum atomic E-state index is 14.0. The van der Waals surface area contributed by atoms with Gasteiger partial charge in [0.15, 0.2) is 5.78 Å². The van der Waals surface area contributed by atoms with E-state index in [2.05, 4.69) is 4.98 Å². The lowest BCUT2D eigenvalue weighted by Gasteiger charge is -2.14. The van der Waals surface area contributed by atoms with Crippen LogP contribution in [0.2, 0.25) is 0 Å². The molecule has 7 nitrogen and oxygen atoms in total. The van der Waals surface area contributed by atoms with E-state index in [1.54, 1.807) is 43.5 Å². The lowest BCUT2D eigenvalue weighted by atomic mass is 10.0. The van der Waals surface area contributed by atoms with Gasteiger partial charge in [0.25, 0.3) is 6.01 Å². The molecule has 0 fully saturated rings. The molecule has 2 heterocycles. The molecule has 0 atom stereocenters. The number of esters is 1. The van der Waals surface area contributed by atoms with Crippen LogP contribution in [0.5, 0.6) is 5.75 Å². The average Bonchev–Trinajstić information content (AvgIpc) is 3.22. The minimum absolute atomic E-state index is 0.0114. The number of ketones is 1. The van der Waals surface area contributed by atoms with Crippen molar-refractivity contribution in [2.45, 2.75) is 33.4 Å². The largest absolute Gasteiger partial charge is 0.489 e. The number of hydrogen-bond acceptors (Lipinski definition) is 7. The predicted molar refractivity (Wildman–Crippen MR) is 128 cm³/mol. The number of halogens is 1. The van der Waals surface area contributed by atoms with Crippen LogP contribution in [0, 0.1) is 6.01 Å². The first-order valence-electron chi connectivity index (χ1n) is 11.2. The molecule has 2 aromatic heterocycles. The SMILES string of the molecule is CCOC(=O)Cc1ccc(C(C)=O)cc1OCc1cc(-c2ccnc(CN)c2)c2oc(F)cc2c1. The van der Waals surface area contributed by atoms with E-state index in [-0.39, 0.29) is 37.9 Å². The summed E-state index contributed by atoms with van der Waals surface area (Å²) in [5.41, 5.74) is 10.1. The molecule has 0 spiro atoms. The summed E-state index contributed by atoms with van der Waals surface area (Å²) in [5, 5.41) is 0.578. The van der Waals surface area contributed by atoms with Crippen LogP contribution in [0.4, 0.5) is 4.39 Å². The monoisotopic (exact) mass is 476 g/mol. The molecule has 0 saturated carbocycles. The molecule has 4 aromatic rings. The Labute approximate surface area is 201 Å². The van der Waals surface area contributed by atoms with Crippen LogP contribution in [0.3, 0.4) is 0 Å². The number of carbonyl (C=O) groups is 2. The van der Waals surface area contributed by atoms with Crippen molar-refractivity contribution >= 4 is 22.7 Å². The van der Waals surface area contributed by atoms with Gasteiger partial charge >= 0.3 is 5.97 Å². The lowest BCUT2D eigenvalue weighted by Crippen LogP contribution is -2.10. The van der Waals surface area contributed by atoms with Gasteiger partial charge in [0.2, 0.25) is 0 Å². The summed E-state index contributed by atoms with van der Waals surface area (Å²) in [4.78, 5) is 28.2. The minimum Gasteiger partial charge on any atom is -0.489 e. The minimum atomic E-state index is -0.696. The fraction of sp³-hybridized carbons (Fsp3) is 0.222. The molecule has 0 unspecified atom stereocenters. The van der Waals surface area contributed by atoms with Crippen LogP contribution in [-0.2, 0) is 29.1 Å². The average molecular weight is 477 g/mol. The number of hydrogen-bond donors (Lipinski definition) is 1. The first-order chi connectivity index (χ1) is 16.9. The number of nitrogens with zero attached hydrogens (tertiary/aromatic N) is 1. The summed E-state index contributed by atoms with van der Waals surface area (Å²) < 4.78 is 30.4. The highest BCUT2D eigenvalue weighted by molar-refractivity contribution is 5.95. The number of nitrogens with two attached hydrogens (primary N) is 1. The Morgan fingerprint density at radius 3 is 2.69 bits per heavy atom. The number of aromatic nitrogens is 1. The van der Waals surface area contributed by atoms with E-state index < -0.39 is 6.01 Å². The van der Waals surface area contributed by atoms with E-state index in [1.165, 1.54) is 13.0 Å². The van der Waals surface area contributed by atoms with Gasteiger partial charge in [-0.05, 0) is 55.3 Å². The number of carbonyl (C=O) groups excluding carboxylic acids is 2. The number of furan rings is 1. The van der Waals surface area contributed by atoms with Gasteiger partial charge in [-0.2, -0.15) is 4.39 Å². The van der Waals surface area contributed by atoms with Crippen molar-refractivity contribution in [3.8, 4) is 16.9 Å². The topological polar surface area (TPSA) is 105 Å². The van der Waals surface area contributed by atoms with Crippen molar-refractivity contribution in [2.75, 3.05) is 6.61 Å². The Morgan fingerprint density at radius 1 is 1.11 bits per heavy atom. The van der Waals surface area contributed by atoms with E-state index in [9.17, 15) is 14.0 Å². The number of pyridine rings is 1. The molecule has 0 aliphatic rings. The van der Waals surface area contributed by atoms with Gasteiger partial charge in [-0.15, -0.1) is 0 Å². The number of fused-ring (bicyclic) bond motifs is 1. The molecule has 0 aliphatic carbocycles. The number of ether oxygens (including phenoxy) is 2. The van der Waals surface area contributed by atoms with Crippen LogP contribution in [-0.4, -0.2) is 23.3 Å². The first kappa shape index (κ1) is 24.1. The van der Waals surface area contributed by atoms with Gasteiger partial charge in [-0.1, -0.05) is 12.1 Å². The molecule has 4 rings (SSSR count). The summed E-state index contributed by atoms with van der Waals surface area (Å²) in [7, 11) is 0. The molecule has 8 heteroatoms. The van der Waals surface area contributed by atoms with Crippen molar-refractivity contribution in [1.29, 1.82) is 0 Å². The second-order valence-corrected chi connectivity index (χ2v) is 8.00. The van der Waals surface area contributed by atoms with E-state index in [1.807, 2.05) is 12.1 Å². The highest BCUT2D eigenvalue weighted by Crippen LogP contribution is 2.33. The van der Waals surface area contributed by atoms with E-state index in [0.29, 0.717) is 39.1 Å². The third kappa shape index (κ3) is 5.55. The fourth-order valence-corrected chi connectivity index (χ4v) is 3.82. The third-order valence-electron chi connectivity index (χ3n) is 5.49. The molecule has 0 amide bonds. The van der Waals surface area contributed by atoms with Crippen molar-refractivity contribution in [3.63, 3.8) is 0 Å². The van der Waals surface area contributed by atoms with Crippen molar-refractivity contribution in [1.82, 2.24) is 4.98 Å². The number of Topliss-reactive ketones (excluding diaryl/α,β-unsaturated/α-hetero) is 1. The first-order valence-corrected chi connectivity index (χ1v) is 11.2. The molecule has 2 N–H and O–H groups in total. The van der Waals surface area contributed by atoms with Crippen LogP contribution in [0.15, 0.2) is 59.1 Å². The summed E-state index contributed by atoms with van der Waals surface area (Å²) >= 11 is 0. The summed E-state index contributed by atoms with van der Waals surface area (Å²) in [6.45, 7) is 3.84. The highest BCUT2D eigenvalue weighted by atomic mass is 19.1. The zero-order valence-electron chi connectivity index (χ0n) is 19.5. The number of benzene rings is 2. The zero-order chi connectivity index (χ0) is 24.9. The molecule has 0 radical (unpaired) electrons. The smallest absolute Gasteiger partial charge is 0.310 e. The summed E-state index contributed by atoms with van der Waals surface area (Å²) in [6, 6.07) is 12.8. The van der Waals surface area contributed by atoms with Crippen molar-refractivity contribution < 1.29 is 27.9 Å². The van der Waals surface area contributed by atoms with E-state index in [4.69, 9.17) is 19.6 Å². The van der Waals surface area contributed by atoms with Crippen LogP contribution in [0.25, 0.3) is 22.1 Å². The van der Waals surface area contributed by atoms with Crippen molar-refractivity contribution in [2.24, 2.45) is 5.73 Å². The van der Waals surface area contributed by atoms with Crippen LogP contribution >= 0.6 is 0 Å². The molecule has 0 saturated heterocycles. The van der Waals surface area contributed by atoms with E-state index >= 15 is 0 Å². The maximum Gasteiger partial charge on any atom is 0.310 e. The second kappa shape index (κ2) is 10.5. The molecule has 0 aliphatic heterocycles. The van der Waals surface area contributed by atoms with Crippen molar-refractivity contribution in [3.05, 3.63) is 83.1 Å². The maximum absolute atomic E-state index is 14.0. The lowest BCUT2D eigenvalue weighted by molar-refractivity contribution is -0.142. The normalized spacial score (nSPS) is 11.0. The Kier molecular flexibility index (Phi) is 7.22. The number of rotatable bonds is 9. The Bertz CT molecular complexity index is 1400.